The number of benzene rings is 6. The number of para-hydroxylation sites is 2. The zero-order valence-corrected chi connectivity index (χ0v) is 32.6. The predicted octanol–water partition coefficient (Wildman–Crippen LogP) is 11.3. The van der Waals surface area contributed by atoms with Crippen LogP contribution in [0.15, 0.2) is 134 Å². The first-order valence-electron chi connectivity index (χ1n) is 18.2. The van der Waals surface area contributed by atoms with Crippen molar-refractivity contribution in [1.82, 2.24) is 9.55 Å². The van der Waals surface area contributed by atoms with E-state index in [1.807, 2.05) is 12.3 Å². The van der Waals surface area contributed by atoms with Gasteiger partial charge in [-0.15, -0.1) is 35.2 Å². The molecule has 3 aliphatic rings. The van der Waals surface area contributed by atoms with E-state index in [2.05, 4.69) is 182 Å². The molecule has 2 aliphatic heterocycles. The molecule has 6 aromatic carbocycles. The Hall–Kier alpha value is -5.64. The van der Waals surface area contributed by atoms with Crippen LogP contribution in [0.5, 0.6) is 11.5 Å². The molecule has 54 heavy (non-hydrogen) atoms. The molecule has 11 rings (SSSR count). The molecule has 2 aromatic heterocycles. The standard InChI is InChI=1S/C48H35N4O.Pt/c1-47(2,3)30-24-25-49-45(26-30)52-41-18-10-7-14-35(41)36-22-20-31(27-43(36)52)53-32-21-23-39-44(28-32)51-29-50(4)42-19-11-17-40(46(42)51)48(39)37-15-8-5-12-33(37)34-13-6-9-16-38(34)48;/h5-26,29H,1-4H3;/q-3;. The van der Waals surface area contributed by atoms with E-state index in [0.717, 1.165) is 33.3 Å². The van der Waals surface area contributed by atoms with Crippen molar-refractivity contribution in [1.29, 1.82) is 0 Å². The van der Waals surface area contributed by atoms with Crippen LogP contribution in [0, 0.1) is 18.8 Å². The van der Waals surface area contributed by atoms with Gasteiger partial charge in [0, 0.05) is 61.1 Å². The molecule has 8 aromatic rings. The number of rotatable bonds is 3. The summed E-state index contributed by atoms with van der Waals surface area (Å²) in [5, 5.41) is 2.25. The summed E-state index contributed by atoms with van der Waals surface area (Å²) in [5.41, 5.74) is 13.7. The van der Waals surface area contributed by atoms with Gasteiger partial charge in [-0.05, 0) is 75.5 Å². The third-order valence-electron chi connectivity index (χ3n) is 11.4. The van der Waals surface area contributed by atoms with Gasteiger partial charge in [-0.25, -0.2) is 4.98 Å². The Morgan fingerprint density at radius 1 is 0.685 bits per heavy atom. The molecule has 0 amide bonds. The fourth-order valence-corrected chi connectivity index (χ4v) is 9.11. The summed E-state index contributed by atoms with van der Waals surface area (Å²) in [5.74, 6) is 2.12. The SMILES string of the molecule is CN1[CH-]N2c3[c-]c(Oc4[c-]c5c(cc4)c4ccccc4n5-c4cc(C(C)(C)C)ccn4)ccc3C3(c4ccccc4-c4ccccc43)c3cccc1c32.[Pt]. The zero-order valence-electron chi connectivity index (χ0n) is 30.3. The maximum atomic E-state index is 6.73. The number of aromatic nitrogens is 2. The molecule has 0 fully saturated rings. The van der Waals surface area contributed by atoms with Crippen LogP contribution in [0.3, 0.4) is 0 Å². The van der Waals surface area contributed by atoms with E-state index >= 15 is 0 Å². The Kier molecular flexibility index (Phi) is 7.13. The van der Waals surface area contributed by atoms with E-state index in [0.29, 0.717) is 11.5 Å². The Morgan fingerprint density at radius 2 is 1.37 bits per heavy atom. The topological polar surface area (TPSA) is 33.5 Å². The summed E-state index contributed by atoms with van der Waals surface area (Å²) < 4.78 is 8.94. The molecule has 1 aliphatic carbocycles. The van der Waals surface area contributed by atoms with Crippen LogP contribution in [-0.2, 0) is 31.9 Å². The summed E-state index contributed by atoms with van der Waals surface area (Å²) >= 11 is 0. The summed E-state index contributed by atoms with van der Waals surface area (Å²) in [6.07, 6.45) is 1.91. The number of fused-ring (bicyclic) bond motifs is 12. The van der Waals surface area contributed by atoms with Gasteiger partial charge in [-0.1, -0.05) is 111 Å². The Labute approximate surface area is 329 Å². The second-order valence-corrected chi connectivity index (χ2v) is 15.4. The van der Waals surface area contributed by atoms with Gasteiger partial charge in [0.1, 0.15) is 5.82 Å². The summed E-state index contributed by atoms with van der Waals surface area (Å²) in [7, 11) is 2.12. The molecule has 0 saturated heterocycles. The number of hydrogen-bond donors (Lipinski definition) is 0. The molecule has 1 spiro atoms. The normalized spacial score (nSPS) is 14.5. The fraction of sp³-hybridized carbons (Fsp3) is 0.125. The molecule has 0 bridgehead atoms. The molecule has 0 N–H and O–H groups in total. The van der Waals surface area contributed by atoms with Gasteiger partial charge in [0.2, 0.25) is 0 Å². The van der Waals surface area contributed by atoms with Gasteiger partial charge in [0.15, 0.2) is 0 Å². The van der Waals surface area contributed by atoms with Gasteiger partial charge < -0.3 is 19.1 Å². The molecule has 0 atom stereocenters. The van der Waals surface area contributed by atoms with E-state index in [1.165, 1.54) is 50.3 Å². The number of nitrogens with zero attached hydrogens (tertiary/aromatic N) is 4. The van der Waals surface area contributed by atoms with Crippen LogP contribution in [0.4, 0.5) is 17.1 Å². The Morgan fingerprint density at radius 3 is 2.15 bits per heavy atom. The van der Waals surface area contributed by atoms with E-state index in [9.17, 15) is 0 Å². The van der Waals surface area contributed by atoms with Crippen molar-refractivity contribution in [3.8, 4) is 28.4 Å². The minimum absolute atomic E-state index is 0. The molecule has 0 saturated carbocycles. The van der Waals surface area contributed by atoms with Crippen molar-refractivity contribution in [2.75, 3.05) is 16.8 Å². The van der Waals surface area contributed by atoms with Crippen molar-refractivity contribution >= 4 is 38.9 Å². The van der Waals surface area contributed by atoms with Crippen LogP contribution in [0.2, 0.25) is 0 Å². The number of pyridine rings is 1. The zero-order chi connectivity index (χ0) is 35.6. The minimum Gasteiger partial charge on any atom is -0.509 e. The maximum Gasteiger partial charge on any atom is 0.135 e. The van der Waals surface area contributed by atoms with Gasteiger partial charge >= 0.3 is 0 Å². The van der Waals surface area contributed by atoms with Gasteiger partial charge in [0.05, 0.1) is 0 Å². The number of anilines is 3. The molecule has 5 nitrogen and oxygen atoms in total. The van der Waals surface area contributed by atoms with Gasteiger partial charge in [0.25, 0.3) is 0 Å². The second kappa shape index (κ2) is 11.7. The molecular weight excluding hydrogens is 844 g/mol. The van der Waals surface area contributed by atoms with E-state index in [4.69, 9.17) is 9.72 Å². The summed E-state index contributed by atoms with van der Waals surface area (Å²) in [6.45, 7) is 8.86. The fourth-order valence-electron chi connectivity index (χ4n) is 9.11. The van der Waals surface area contributed by atoms with E-state index in [1.54, 1.807) is 0 Å². The van der Waals surface area contributed by atoms with Crippen molar-refractivity contribution in [2.24, 2.45) is 0 Å². The van der Waals surface area contributed by atoms with Crippen molar-refractivity contribution in [2.45, 2.75) is 31.6 Å². The first-order valence-corrected chi connectivity index (χ1v) is 18.2. The first-order chi connectivity index (χ1) is 25.8. The average molecular weight is 879 g/mol. The Bertz CT molecular complexity index is 2780. The monoisotopic (exact) mass is 878 g/mol. The van der Waals surface area contributed by atoms with Crippen LogP contribution in [-0.4, -0.2) is 16.6 Å². The first kappa shape index (κ1) is 33.0. The van der Waals surface area contributed by atoms with E-state index < -0.39 is 5.41 Å². The molecule has 4 heterocycles. The van der Waals surface area contributed by atoms with E-state index in [-0.39, 0.29) is 26.5 Å². The minimum atomic E-state index is -0.501. The third kappa shape index (κ3) is 4.39. The second-order valence-electron chi connectivity index (χ2n) is 15.4. The van der Waals surface area contributed by atoms with Crippen LogP contribution < -0.4 is 14.5 Å². The van der Waals surface area contributed by atoms with Crippen molar-refractivity contribution in [3.05, 3.63) is 180 Å². The predicted molar refractivity (Wildman–Crippen MR) is 214 cm³/mol. The average Bonchev–Trinajstić information content (AvgIpc) is 3.80. The van der Waals surface area contributed by atoms with Crippen LogP contribution in [0.25, 0.3) is 38.8 Å². The summed E-state index contributed by atoms with van der Waals surface area (Å²) in [4.78, 5) is 9.35. The van der Waals surface area contributed by atoms with Crippen molar-refractivity contribution < 1.29 is 25.8 Å². The number of ether oxygens (including phenoxy) is 1. The summed E-state index contributed by atoms with van der Waals surface area (Å²) in [6, 6.07) is 53.1. The third-order valence-corrected chi connectivity index (χ3v) is 11.4. The Balaban J connectivity index is 0.00000361. The quantitative estimate of drug-likeness (QED) is 0.166. The largest absolute Gasteiger partial charge is 0.509 e. The van der Waals surface area contributed by atoms with Gasteiger partial charge in [-0.3, -0.25) is 0 Å². The smallest absolute Gasteiger partial charge is 0.135 e. The molecule has 6 heteroatoms. The molecular formula is C48H35N4OPt-3. The van der Waals surface area contributed by atoms with Crippen LogP contribution >= 0.6 is 0 Å². The van der Waals surface area contributed by atoms with Crippen LogP contribution in [0.1, 0.15) is 48.6 Å². The molecule has 0 unspecified atom stereocenters. The molecule has 266 valence electrons. The van der Waals surface area contributed by atoms with Gasteiger partial charge in [-0.2, -0.15) is 18.8 Å². The molecule has 0 radical (unpaired) electrons. The maximum absolute atomic E-state index is 6.73. The number of hydrogen-bond acceptors (Lipinski definition) is 4. The van der Waals surface area contributed by atoms with Crippen molar-refractivity contribution in [3.63, 3.8) is 0 Å².